The van der Waals surface area contributed by atoms with Crippen LogP contribution in [-0.2, 0) is 30.4 Å². The minimum atomic E-state index is -0.894. The van der Waals surface area contributed by atoms with Crippen molar-refractivity contribution in [3.63, 3.8) is 0 Å². The van der Waals surface area contributed by atoms with Crippen molar-refractivity contribution in [2.75, 3.05) is 12.3 Å². The number of fused-ring (bicyclic) bond motifs is 1. The van der Waals surface area contributed by atoms with E-state index in [0.29, 0.717) is 35.7 Å². The molecule has 238 valence electrons. The van der Waals surface area contributed by atoms with Crippen LogP contribution in [0.4, 0.5) is 4.79 Å². The predicted molar refractivity (Wildman–Crippen MR) is 166 cm³/mol. The third kappa shape index (κ3) is 6.52. The first-order chi connectivity index (χ1) is 22.1. The summed E-state index contributed by atoms with van der Waals surface area (Å²) in [6.07, 6.45) is 0.637. The van der Waals surface area contributed by atoms with E-state index in [4.69, 9.17) is 9.47 Å². The molecule has 2 N–H and O–H groups in total. The van der Waals surface area contributed by atoms with Gasteiger partial charge in [0.15, 0.2) is 11.9 Å². The molecule has 3 amide bonds. The molecule has 0 radical (unpaired) electrons. The van der Waals surface area contributed by atoms with E-state index in [1.807, 2.05) is 60.7 Å². The Morgan fingerprint density at radius 1 is 1.09 bits per heavy atom. The number of rotatable bonds is 8. The lowest BCUT2D eigenvalue weighted by Crippen LogP contribution is -2.70. The third-order valence-electron chi connectivity index (χ3n) is 7.58. The van der Waals surface area contributed by atoms with E-state index in [1.165, 1.54) is 16.7 Å². The maximum absolute atomic E-state index is 14.2. The molecular formula is C32H33N7O6S. The molecule has 4 heterocycles. The summed E-state index contributed by atoms with van der Waals surface area (Å²) in [5.74, 6) is -0.722. The molecule has 2 fully saturated rings. The van der Waals surface area contributed by atoms with Gasteiger partial charge in [-0.1, -0.05) is 65.9 Å². The first kappa shape index (κ1) is 31.0. The number of benzene rings is 2. The molecule has 1 aromatic heterocycles. The van der Waals surface area contributed by atoms with Crippen molar-refractivity contribution in [1.82, 2.24) is 35.7 Å². The van der Waals surface area contributed by atoms with Crippen LogP contribution in [0.1, 0.15) is 50.2 Å². The highest BCUT2D eigenvalue weighted by atomic mass is 32.2. The van der Waals surface area contributed by atoms with Crippen LogP contribution >= 0.6 is 11.8 Å². The van der Waals surface area contributed by atoms with Crippen molar-refractivity contribution in [2.24, 2.45) is 0 Å². The monoisotopic (exact) mass is 643 g/mol. The molecule has 13 nitrogen and oxygen atoms in total. The number of thioether (sulfide) groups is 1. The van der Waals surface area contributed by atoms with Crippen LogP contribution in [0.5, 0.6) is 0 Å². The number of carbonyl (C=O) groups is 4. The first-order valence-corrected chi connectivity index (χ1v) is 15.8. The van der Waals surface area contributed by atoms with Gasteiger partial charge in [0.25, 0.3) is 5.91 Å². The Balaban J connectivity index is 1.32. The number of carbonyl (C=O) groups excluding carboxylic acids is 4. The topological polar surface area (TPSA) is 160 Å². The minimum absolute atomic E-state index is 0.0461. The van der Waals surface area contributed by atoms with Crippen molar-refractivity contribution in [2.45, 2.75) is 56.9 Å². The van der Waals surface area contributed by atoms with Gasteiger partial charge in [-0.25, -0.2) is 9.59 Å². The number of aromatic amines is 1. The van der Waals surface area contributed by atoms with Gasteiger partial charge in [-0.05, 0) is 50.0 Å². The molecule has 0 bridgehead atoms. The quantitative estimate of drug-likeness (QED) is 0.212. The lowest BCUT2D eigenvalue weighted by molar-refractivity contribution is -0.153. The zero-order valence-corrected chi connectivity index (χ0v) is 26.3. The van der Waals surface area contributed by atoms with E-state index in [1.54, 1.807) is 31.7 Å². The Morgan fingerprint density at radius 3 is 2.37 bits per heavy atom. The van der Waals surface area contributed by atoms with Gasteiger partial charge in [0.05, 0.1) is 6.54 Å². The summed E-state index contributed by atoms with van der Waals surface area (Å²) in [4.78, 5) is 56.6. The van der Waals surface area contributed by atoms with Crippen LogP contribution < -0.4 is 5.32 Å². The summed E-state index contributed by atoms with van der Waals surface area (Å²) in [5.41, 5.74) is 1.78. The normalized spacial score (nSPS) is 20.6. The van der Waals surface area contributed by atoms with Crippen LogP contribution in [-0.4, -0.2) is 83.6 Å². The fourth-order valence-electron chi connectivity index (χ4n) is 5.51. The SMILES string of the molecule is CC(C)(C)OC(=O)N[C@@H]1C(=O)N2C(C(=O)OC(c3ccccc3)c3ccccc3)=C(/C=C3\CCN(Cc4nn[nH]n4)C3=O)CS[C@H]12. The van der Waals surface area contributed by atoms with Crippen LogP contribution in [0.15, 0.2) is 83.6 Å². The highest BCUT2D eigenvalue weighted by Gasteiger charge is 2.55. The summed E-state index contributed by atoms with van der Waals surface area (Å²) in [6.45, 7) is 5.83. The van der Waals surface area contributed by atoms with E-state index in [9.17, 15) is 19.2 Å². The molecular weight excluding hydrogens is 610 g/mol. The molecule has 2 aromatic carbocycles. The van der Waals surface area contributed by atoms with Gasteiger partial charge in [0.1, 0.15) is 22.7 Å². The number of β-lactam (4-membered cyclic amide) rings is 1. The number of tetrazole rings is 1. The number of aromatic nitrogens is 4. The molecule has 3 aromatic rings. The molecule has 0 aliphatic carbocycles. The first-order valence-electron chi connectivity index (χ1n) is 14.8. The second-order valence-corrected chi connectivity index (χ2v) is 13.1. The number of amides is 3. The molecule has 0 saturated carbocycles. The second kappa shape index (κ2) is 12.8. The van der Waals surface area contributed by atoms with Crippen LogP contribution in [0.2, 0.25) is 0 Å². The zero-order chi connectivity index (χ0) is 32.4. The zero-order valence-electron chi connectivity index (χ0n) is 25.5. The minimum Gasteiger partial charge on any atom is -0.448 e. The predicted octanol–water partition coefficient (Wildman–Crippen LogP) is 3.25. The van der Waals surface area contributed by atoms with Gasteiger partial charge in [-0.2, -0.15) is 5.21 Å². The van der Waals surface area contributed by atoms with Crippen molar-refractivity contribution < 1.29 is 28.7 Å². The highest BCUT2D eigenvalue weighted by Crippen LogP contribution is 2.42. The number of ether oxygens (including phenoxy) is 2. The van der Waals surface area contributed by atoms with Crippen LogP contribution in [0.3, 0.4) is 0 Å². The highest BCUT2D eigenvalue weighted by molar-refractivity contribution is 8.00. The molecule has 0 spiro atoms. The molecule has 46 heavy (non-hydrogen) atoms. The number of nitrogens with one attached hydrogen (secondary N) is 2. The lowest BCUT2D eigenvalue weighted by Gasteiger charge is -2.49. The molecule has 6 rings (SSSR count). The van der Waals surface area contributed by atoms with E-state index < -0.39 is 41.1 Å². The Bertz CT molecular complexity index is 1650. The second-order valence-electron chi connectivity index (χ2n) is 12.0. The number of hydrogen-bond acceptors (Lipinski definition) is 10. The smallest absolute Gasteiger partial charge is 0.408 e. The molecule has 14 heteroatoms. The van der Waals surface area contributed by atoms with Crippen molar-refractivity contribution in [1.29, 1.82) is 0 Å². The Labute approximate surface area is 269 Å². The van der Waals surface area contributed by atoms with E-state index in [-0.39, 0.29) is 18.1 Å². The standard InChI is InChI=1S/C32H33N7O6S/c1-32(2,3)45-31(43)33-24-28(41)39-25(30(42)44-26(19-10-6-4-7-11-19)20-12-8-5-9-13-20)22(18-46-29(24)39)16-21-14-15-38(27(21)40)17-23-34-36-37-35-23/h4-13,16,24,26,29H,14-15,17-18H2,1-3H3,(H,33,43)(H,34,35,36,37)/b21-16+/t24-,29-/m1/s1. The maximum atomic E-state index is 14.2. The Morgan fingerprint density at radius 2 is 1.76 bits per heavy atom. The lowest BCUT2D eigenvalue weighted by atomic mass is 10.00. The number of allylic oxidation sites excluding steroid dienone is 1. The van der Waals surface area contributed by atoms with Crippen molar-refractivity contribution in [3.05, 3.63) is 101 Å². The maximum Gasteiger partial charge on any atom is 0.408 e. The fraction of sp³-hybridized carbons (Fsp3) is 0.344. The van der Waals surface area contributed by atoms with E-state index in [0.717, 1.165) is 11.1 Å². The number of likely N-dealkylation sites (tertiary alicyclic amines) is 1. The largest absolute Gasteiger partial charge is 0.448 e. The summed E-state index contributed by atoms with van der Waals surface area (Å²) < 4.78 is 11.6. The summed E-state index contributed by atoms with van der Waals surface area (Å²) in [6, 6.07) is 17.8. The van der Waals surface area contributed by atoms with Crippen LogP contribution in [0.25, 0.3) is 0 Å². The number of H-pyrrole nitrogens is 1. The Hall–Kier alpha value is -4.98. The molecule has 2 saturated heterocycles. The molecule has 0 unspecified atom stereocenters. The van der Waals surface area contributed by atoms with Crippen LogP contribution in [0, 0.1) is 0 Å². The van der Waals surface area contributed by atoms with Gasteiger partial charge in [0.2, 0.25) is 5.91 Å². The van der Waals surface area contributed by atoms with Gasteiger partial charge in [-0.15, -0.1) is 22.0 Å². The van der Waals surface area contributed by atoms with Crippen molar-refractivity contribution in [3.8, 4) is 0 Å². The fourth-order valence-corrected chi connectivity index (χ4v) is 6.81. The number of alkyl carbamates (subject to hydrolysis) is 1. The third-order valence-corrected chi connectivity index (χ3v) is 8.88. The average molecular weight is 644 g/mol. The summed E-state index contributed by atoms with van der Waals surface area (Å²) in [7, 11) is 0. The summed E-state index contributed by atoms with van der Waals surface area (Å²) in [5, 5.41) is 15.9. The Kier molecular flexibility index (Phi) is 8.63. The van der Waals surface area contributed by atoms with Gasteiger partial charge < -0.3 is 19.7 Å². The average Bonchev–Trinajstić information content (AvgIpc) is 3.68. The van der Waals surface area contributed by atoms with E-state index in [2.05, 4.69) is 25.9 Å². The van der Waals surface area contributed by atoms with Gasteiger partial charge in [-0.3, -0.25) is 14.5 Å². The molecule has 3 aliphatic rings. The summed E-state index contributed by atoms with van der Waals surface area (Å²) >= 11 is 1.38. The molecule has 3 aliphatic heterocycles. The van der Waals surface area contributed by atoms with Crippen molar-refractivity contribution >= 4 is 35.6 Å². The van der Waals surface area contributed by atoms with E-state index >= 15 is 0 Å². The number of hydrogen-bond donors (Lipinski definition) is 2. The number of esters is 1. The number of nitrogens with zero attached hydrogens (tertiary/aromatic N) is 5. The van der Waals surface area contributed by atoms with Gasteiger partial charge in [0, 0.05) is 17.9 Å². The van der Waals surface area contributed by atoms with Gasteiger partial charge >= 0.3 is 12.1 Å². The molecule has 2 atom stereocenters.